The Bertz CT molecular complexity index is 371. The lowest BCUT2D eigenvalue weighted by molar-refractivity contribution is 0.297. The molecule has 2 N–H and O–H groups in total. The highest BCUT2D eigenvalue weighted by atomic mass is 79.9. The van der Waals surface area contributed by atoms with Gasteiger partial charge >= 0.3 is 0 Å². The Kier molecular flexibility index (Phi) is 2.50. The second-order valence-electron chi connectivity index (χ2n) is 3.69. The van der Waals surface area contributed by atoms with Crippen LogP contribution in [0, 0.1) is 5.92 Å². The van der Waals surface area contributed by atoms with Crippen LogP contribution in [0.3, 0.4) is 0 Å². The van der Waals surface area contributed by atoms with Gasteiger partial charge in [0.25, 0.3) is 0 Å². The van der Waals surface area contributed by atoms with Crippen LogP contribution < -0.4 is 10.5 Å². The molecule has 14 heavy (non-hydrogen) atoms. The maximum absolute atomic E-state index is 5.74. The summed E-state index contributed by atoms with van der Waals surface area (Å²) in [6.45, 7) is 0.737. The maximum Gasteiger partial charge on any atom is 0.123 e. The molecule has 0 radical (unpaired) electrons. The molecule has 1 heterocycles. The zero-order chi connectivity index (χ0) is 9.00. The summed E-state index contributed by atoms with van der Waals surface area (Å²) in [7, 11) is 0. The summed E-state index contributed by atoms with van der Waals surface area (Å²) in [6.07, 6.45) is 0.370. The summed E-state index contributed by atoms with van der Waals surface area (Å²) >= 11 is 3.47. The van der Waals surface area contributed by atoms with Crippen LogP contribution in [0.5, 0.6) is 5.75 Å². The molecule has 1 saturated carbocycles. The highest BCUT2D eigenvalue weighted by Gasteiger charge is 2.57. The molecule has 3 rings (SSSR count). The molecule has 3 unspecified atom stereocenters. The van der Waals surface area contributed by atoms with Crippen molar-refractivity contribution in [1.82, 2.24) is 0 Å². The van der Waals surface area contributed by atoms with Crippen molar-refractivity contribution in [3.05, 3.63) is 28.2 Å². The molecule has 4 heteroatoms. The lowest BCUT2D eigenvalue weighted by atomic mass is 10.1. The number of hydrogen-bond donors (Lipinski definition) is 1. The van der Waals surface area contributed by atoms with Crippen molar-refractivity contribution in [2.24, 2.45) is 11.7 Å². The quantitative estimate of drug-likeness (QED) is 0.854. The fourth-order valence-corrected chi connectivity index (χ4v) is 2.60. The predicted octanol–water partition coefficient (Wildman–Crippen LogP) is 2.30. The summed E-state index contributed by atoms with van der Waals surface area (Å²) in [6, 6.07) is 6.19. The zero-order valence-electron chi connectivity index (χ0n) is 7.44. The molecule has 0 aromatic heterocycles. The minimum Gasteiger partial charge on any atom is -0.489 e. The predicted molar refractivity (Wildman–Crippen MR) is 61.1 cm³/mol. The van der Waals surface area contributed by atoms with Gasteiger partial charge in [-0.1, -0.05) is 15.9 Å². The number of ether oxygens (including phenoxy) is 1. The molecular formula is C10H11BrClNO. The van der Waals surface area contributed by atoms with E-state index in [-0.39, 0.29) is 12.4 Å². The molecule has 1 aromatic carbocycles. The van der Waals surface area contributed by atoms with Crippen LogP contribution in [0.2, 0.25) is 0 Å². The van der Waals surface area contributed by atoms with Crippen LogP contribution in [-0.4, -0.2) is 12.6 Å². The average molecular weight is 277 g/mol. The summed E-state index contributed by atoms with van der Waals surface area (Å²) in [5, 5.41) is 0. The molecule has 0 saturated heterocycles. The SMILES string of the molecule is Cl.NCC1C2Oc3ccc(Br)cc3C12. The fourth-order valence-electron chi connectivity index (χ4n) is 2.23. The molecular weight excluding hydrogens is 265 g/mol. The third-order valence-electron chi connectivity index (χ3n) is 2.96. The van der Waals surface area contributed by atoms with Crippen molar-refractivity contribution in [3.63, 3.8) is 0 Å². The van der Waals surface area contributed by atoms with E-state index in [2.05, 4.69) is 22.0 Å². The summed E-state index contributed by atoms with van der Waals surface area (Å²) < 4.78 is 6.86. The number of benzene rings is 1. The lowest BCUT2D eigenvalue weighted by Gasteiger charge is -2.06. The topological polar surface area (TPSA) is 35.2 Å². The number of hydrogen-bond acceptors (Lipinski definition) is 2. The Balaban J connectivity index is 0.000000750. The number of halogens is 2. The van der Waals surface area contributed by atoms with Gasteiger partial charge in [-0.2, -0.15) is 0 Å². The monoisotopic (exact) mass is 275 g/mol. The minimum atomic E-state index is 0. The van der Waals surface area contributed by atoms with E-state index in [1.165, 1.54) is 5.56 Å². The van der Waals surface area contributed by atoms with Gasteiger partial charge in [0.15, 0.2) is 0 Å². The van der Waals surface area contributed by atoms with Crippen LogP contribution >= 0.6 is 28.3 Å². The van der Waals surface area contributed by atoms with Crippen LogP contribution in [0.15, 0.2) is 22.7 Å². The highest BCUT2D eigenvalue weighted by molar-refractivity contribution is 9.10. The van der Waals surface area contributed by atoms with Crippen LogP contribution in [0.4, 0.5) is 0 Å². The summed E-state index contributed by atoms with van der Waals surface area (Å²) in [4.78, 5) is 0. The number of rotatable bonds is 1. The molecule has 3 atom stereocenters. The molecule has 1 aromatic rings. The van der Waals surface area contributed by atoms with Gasteiger partial charge in [0.05, 0.1) is 0 Å². The van der Waals surface area contributed by atoms with Crippen LogP contribution in [0.25, 0.3) is 0 Å². The Hall–Kier alpha value is -0.250. The van der Waals surface area contributed by atoms with Gasteiger partial charge in [0.2, 0.25) is 0 Å². The molecule has 2 nitrogen and oxygen atoms in total. The summed E-state index contributed by atoms with van der Waals surface area (Å²) in [5.41, 5.74) is 6.96. The average Bonchev–Trinajstić information content (AvgIpc) is 2.70. The Morgan fingerprint density at radius 1 is 1.43 bits per heavy atom. The minimum absolute atomic E-state index is 0. The van der Waals surface area contributed by atoms with Crippen LogP contribution in [0.1, 0.15) is 11.5 Å². The van der Waals surface area contributed by atoms with Gasteiger partial charge in [-0.15, -0.1) is 12.4 Å². The fraction of sp³-hybridized carbons (Fsp3) is 0.400. The highest BCUT2D eigenvalue weighted by Crippen LogP contribution is 2.57. The largest absolute Gasteiger partial charge is 0.489 e. The van der Waals surface area contributed by atoms with Gasteiger partial charge in [0, 0.05) is 21.9 Å². The molecule has 0 bridgehead atoms. The molecule has 76 valence electrons. The van der Waals surface area contributed by atoms with Crippen molar-refractivity contribution in [2.75, 3.05) is 6.54 Å². The van der Waals surface area contributed by atoms with E-state index < -0.39 is 0 Å². The van der Waals surface area contributed by atoms with E-state index >= 15 is 0 Å². The first-order chi connectivity index (χ1) is 6.31. The molecule has 2 aliphatic rings. The lowest BCUT2D eigenvalue weighted by Crippen LogP contribution is -2.09. The third-order valence-corrected chi connectivity index (χ3v) is 3.46. The normalized spacial score (nSPS) is 31.1. The van der Waals surface area contributed by atoms with Crippen molar-refractivity contribution >= 4 is 28.3 Å². The van der Waals surface area contributed by atoms with Crippen LogP contribution in [-0.2, 0) is 0 Å². The van der Waals surface area contributed by atoms with Crippen molar-refractivity contribution in [3.8, 4) is 5.75 Å². The molecule has 0 amide bonds. The van der Waals surface area contributed by atoms with E-state index in [9.17, 15) is 0 Å². The molecule has 0 spiro atoms. The Morgan fingerprint density at radius 3 is 2.93 bits per heavy atom. The van der Waals surface area contributed by atoms with E-state index in [1.807, 2.05) is 12.1 Å². The maximum atomic E-state index is 5.74. The van der Waals surface area contributed by atoms with E-state index in [1.54, 1.807) is 0 Å². The zero-order valence-corrected chi connectivity index (χ0v) is 9.85. The summed E-state index contributed by atoms with van der Waals surface area (Å²) in [5.74, 6) is 2.17. The van der Waals surface area contributed by atoms with Gasteiger partial charge in [-0.05, 0) is 24.7 Å². The van der Waals surface area contributed by atoms with Crippen molar-refractivity contribution in [1.29, 1.82) is 0 Å². The van der Waals surface area contributed by atoms with Gasteiger partial charge in [-0.3, -0.25) is 0 Å². The number of nitrogens with two attached hydrogens (primary N) is 1. The second kappa shape index (κ2) is 3.40. The first-order valence-electron chi connectivity index (χ1n) is 4.47. The standard InChI is InChI=1S/C10H10BrNO.ClH/c11-5-1-2-8-6(3-5)9-7(4-12)10(9)13-8;/h1-3,7,9-10H,4,12H2;1H. The van der Waals surface area contributed by atoms with Gasteiger partial charge in [-0.25, -0.2) is 0 Å². The first-order valence-corrected chi connectivity index (χ1v) is 5.27. The Morgan fingerprint density at radius 2 is 2.21 bits per heavy atom. The van der Waals surface area contributed by atoms with E-state index in [0.717, 1.165) is 16.8 Å². The van der Waals surface area contributed by atoms with E-state index in [4.69, 9.17) is 10.5 Å². The second-order valence-corrected chi connectivity index (χ2v) is 4.61. The van der Waals surface area contributed by atoms with Crippen molar-refractivity contribution < 1.29 is 4.74 Å². The smallest absolute Gasteiger partial charge is 0.123 e. The third kappa shape index (κ3) is 1.27. The Labute approximate surface area is 97.4 Å². The molecule has 1 aliphatic heterocycles. The van der Waals surface area contributed by atoms with E-state index in [0.29, 0.717) is 17.9 Å². The van der Waals surface area contributed by atoms with Gasteiger partial charge < -0.3 is 10.5 Å². The number of fused-ring (bicyclic) bond motifs is 3. The molecule has 1 aliphatic carbocycles. The molecule has 1 fully saturated rings. The van der Waals surface area contributed by atoms with Gasteiger partial charge in [0.1, 0.15) is 11.9 Å². The first kappa shape index (κ1) is 10.3. The van der Waals surface area contributed by atoms with Crippen molar-refractivity contribution in [2.45, 2.75) is 12.0 Å².